The van der Waals surface area contributed by atoms with Gasteiger partial charge in [0.1, 0.15) is 5.75 Å². The van der Waals surface area contributed by atoms with Crippen LogP contribution in [0.2, 0.25) is 0 Å². The van der Waals surface area contributed by atoms with Crippen molar-refractivity contribution in [1.82, 2.24) is 4.90 Å². The first kappa shape index (κ1) is 15.8. The van der Waals surface area contributed by atoms with Crippen molar-refractivity contribution in [2.75, 3.05) is 13.1 Å². The molecule has 4 nitrogen and oxygen atoms in total. The van der Waals surface area contributed by atoms with Crippen LogP contribution in [-0.2, 0) is 11.2 Å². The molecule has 1 aromatic rings. The molecule has 1 aliphatic rings. The van der Waals surface area contributed by atoms with E-state index in [9.17, 15) is 15.0 Å². The Morgan fingerprint density at radius 3 is 2.57 bits per heavy atom. The Morgan fingerprint density at radius 1 is 1.38 bits per heavy atom. The molecular weight excluding hydrogens is 266 g/mol. The summed E-state index contributed by atoms with van der Waals surface area (Å²) in [5.74, 6) is -0.362. The van der Waals surface area contributed by atoms with Gasteiger partial charge in [-0.05, 0) is 56.8 Å². The second-order valence-corrected chi connectivity index (χ2v) is 6.21. The number of nitrogens with zero attached hydrogens (tertiary/aromatic N) is 1. The summed E-state index contributed by atoms with van der Waals surface area (Å²) in [4.78, 5) is 13.8. The molecule has 0 saturated carbocycles. The van der Waals surface area contributed by atoms with Gasteiger partial charge in [0.05, 0.1) is 5.41 Å². The lowest BCUT2D eigenvalue weighted by Gasteiger charge is -2.27. The first-order valence-electron chi connectivity index (χ1n) is 7.72. The molecule has 1 aliphatic heterocycles. The van der Waals surface area contributed by atoms with E-state index < -0.39 is 11.4 Å². The van der Waals surface area contributed by atoms with Gasteiger partial charge in [0.25, 0.3) is 0 Å². The molecule has 1 aromatic carbocycles. The van der Waals surface area contributed by atoms with E-state index in [1.54, 1.807) is 12.1 Å². The fourth-order valence-electron chi connectivity index (χ4n) is 3.12. The lowest BCUT2D eigenvalue weighted by molar-refractivity contribution is -0.148. The SMILES string of the molecule is CCC1(C(=O)O)CCN(C(C)CCc2ccc(O)cc2)C1. The van der Waals surface area contributed by atoms with Gasteiger partial charge in [0.15, 0.2) is 0 Å². The highest BCUT2D eigenvalue weighted by atomic mass is 16.4. The van der Waals surface area contributed by atoms with Crippen LogP contribution in [0.25, 0.3) is 0 Å². The predicted octanol–water partition coefficient (Wildman–Crippen LogP) is 2.90. The zero-order valence-corrected chi connectivity index (χ0v) is 12.9. The summed E-state index contributed by atoms with van der Waals surface area (Å²) < 4.78 is 0. The van der Waals surface area contributed by atoms with E-state index in [1.807, 2.05) is 19.1 Å². The summed E-state index contributed by atoms with van der Waals surface area (Å²) in [6.45, 7) is 5.68. The number of aliphatic carboxylic acids is 1. The molecule has 0 bridgehead atoms. The molecule has 1 saturated heterocycles. The van der Waals surface area contributed by atoms with E-state index in [1.165, 1.54) is 5.56 Å². The third-order valence-electron chi connectivity index (χ3n) is 4.92. The Morgan fingerprint density at radius 2 is 2.05 bits per heavy atom. The summed E-state index contributed by atoms with van der Waals surface area (Å²) in [6, 6.07) is 7.69. The molecule has 4 heteroatoms. The number of aromatic hydroxyl groups is 1. The lowest BCUT2D eigenvalue weighted by Crippen LogP contribution is -2.37. The molecule has 2 unspecified atom stereocenters. The van der Waals surface area contributed by atoms with Crippen LogP contribution in [0, 0.1) is 5.41 Å². The van der Waals surface area contributed by atoms with Gasteiger partial charge in [0.2, 0.25) is 0 Å². The topological polar surface area (TPSA) is 60.8 Å². The zero-order chi connectivity index (χ0) is 15.5. The molecule has 0 amide bonds. The van der Waals surface area contributed by atoms with E-state index in [0.717, 1.165) is 25.8 Å². The maximum Gasteiger partial charge on any atom is 0.310 e. The molecular formula is C17H25NO3. The van der Waals surface area contributed by atoms with Gasteiger partial charge >= 0.3 is 5.97 Å². The first-order chi connectivity index (χ1) is 9.97. The number of benzene rings is 1. The summed E-state index contributed by atoms with van der Waals surface area (Å²) in [7, 11) is 0. The molecule has 2 rings (SSSR count). The monoisotopic (exact) mass is 291 g/mol. The fourth-order valence-corrected chi connectivity index (χ4v) is 3.12. The molecule has 2 atom stereocenters. The summed E-state index contributed by atoms with van der Waals surface area (Å²) in [5.41, 5.74) is 0.658. The number of phenolic OH excluding ortho intramolecular Hbond substituents is 1. The summed E-state index contributed by atoms with van der Waals surface area (Å²) in [5, 5.41) is 18.7. The molecule has 2 N–H and O–H groups in total. The Balaban J connectivity index is 1.88. The van der Waals surface area contributed by atoms with Crippen LogP contribution in [0.4, 0.5) is 0 Å². The van der Waals surface area contributed by atoms with Crippen molar-refractivity contribution in [2.45, 2.75) is 45.6 Å². The first-order valence-corrected chi connectivity index (χ1v) is 7.72. The third-order valence-corrected chi connectivity index (χ3v) is 4.92. The van der Waals surface area contributed by atoms with Crippen LogP contribution in [0.15, 0.2) is 24.3 Å². The average Bonchev–Trinajstić information content (AvgIpc) is 2.92. The number of carboxylic acid groups (broad SMARTS) is 1. The maximum atomic E-state index is 11.5. The van der Waals surface area contributed by atoms with Crippen LogP contribution in [0.1, 0.15) is 38.7 Å². The smallest absolute Gasteiger partial charge is 0.310 e. The Bertz CT molecular complexity index is 485. The van der Waals surface area contributed by atoms with E-state index in [2.05, 4.69) is 11.8 Å². The van der Waals surface area contributed by atoms with E-state index >= 15 is 0 Å². The summed E-state index contributed by atoms with van der Waals surface area (Å²) in [6.07, 6.45) is 3.40. The van der Waals surface area contributed by atoms with Crippen molar-refractivity contribution in [2.24, 2.45) is 5.41 Å². The number of hydrogen-bond donors (Lipinski definition) is 2. The highest BCUT2D eigenvalue weighted by Crippen LogP contribution is 2.35. The molecule has 0 spiro atoms. The number of likely N-dealkylation sites (tertiary alicyclic amines) is 1. The quantitative estimate of drug-likeness (QED) is 0.846. The van der Waals surface area contributed by atoms with Gasteiger partial charge in [-0.3, -0.25) is 9.69 Å². The number of hydrogen-bond acceptors (Lipinski definition) is 3. The van der Waals surface area contributed by atoms with Gasteiger partial charge in [-0.25, -0.2) is 0 Å². The second kappa shape index (κ2) is 6.48. The van der Waals surface area contributed by atoms with Gasteiger partial charge in [-0.2, -0.15) is 0 Å². The third kappa shape index (κ3) is 3.56. The van der Waals surface area contributed by atoms with Crippen molar-refractivity contribution in [3.63, 3.8) is 0 Å². The fraction of sp³-hybridized carbons (Fsp3) is 0.588. The molecule has 21 heavy (non-hydrogen) atoms. The van der Waals surface area contributed by atoms with Gasteiger partial charge < -0.3 is 10.2 Å². The highest BCUT2D eigenvalue weighted by Gasteiger charge is 2.44. The van der Waals surface area contributed by atoms with Crippen LogP contribution in [0.5, 0.6) is 5.75 Å². The van der Waals surface area contributed by atoms with Gasteiger partial charge in [-0.1, -0.05) is 19.1 Å². The number of phenols is 1. The molecule has 0 aromatic heterocycles. The van der Waals surface area contributed by atoms with Crippen LogP contribution in [-0.4, -0.2) is 40.2 Å². The Kier molecular flexibility index (Phi) is 4.88. The second-order valence-electron chi connectivity index (χ2n) is 6.21. The van der Waals surface area contributed by atoms with Crippen molar-refractivity contribution in [3.05, 3.63) is 29.8 Å². The molecule has 0 radical (unpaired) electrons. The molecule has 1 fully saturated rings. The maximum absolute atomic E-state index is 11.5. The normalized spacial score (nSPS) is 24.1. The van der Waals surface area contributed by atoms with Crippen molar-refractivity contribution < 1.29 is 15.0 Å². The van der Waals surface area contributed by atoms with Crippen molar-refractivity contribution >= 4 is 5.97 Å². The molecule has 116 valence electrons. The molecule has 0 aliphatic carbocycles. The predicted molar refractivity (Wildman–Crippen MR) is 82.4 cm³/mol. The minimum Gasteiger partial charge on any atom is -0.508 e. The van der Waals surface area contributed by atoms with E-state index in [4.69, 9.17) is 0 Å². The minimum absolute atomic E-state index is 0.292. The summed E-state index contributed by atoms with van der Waals surface area (Å²) >= 11 is 0. The van der Waals surface area contributed by atoms with Crippen molar-refractivity contribution in [1.29, 1.82) is 0 Å². The van der Waals surface area contributed by atoms with E-state index in [0.29, 0.717) is 24.8 Å². The average molecular weight is 291 g/mol. The number of carbonyl (C=O) groups is 1. The van der Waals surface area contributed by atoms with Gasteiger partial charge in [0, 0.05) is 12.6 Å². The van der Waals surface area contributed by atoms with Crippen LogP contribution < -0.4 is 0 Å². The number of carboxylic acids is 1. The molecule has 1 heterocycles. The Labute approximate surface area is 126 Å². The number of rotatable bonds is 6. The van der Waals surface area contributed by atoms with Crippen LogP contribution in [0.3, 0.4) is 0 Å². The highest BCUT2D eigenvalue weighted by molar-refractivity contribution is 5.75. The lowest BCUT2D eigenvalue weighted by atomic mass is 9.84. The minimum atomic E-state index is -0.654. The Hall–Kier alpha value is -1.55. The van der Waals surface area contributed by atoms with Crippen LogP contribution >= 0.6 is 0 Å². The van der Waals surface area contributed by atoms with Gasteiger partial charge in [-0.15, -0.1) is 0 Å². The van der Waals surface area contributed by atoms with E-state index in [-0.39, 0.29) is 0 Å². The van der Waals surface area contributed by atoms with Crippen molar-refractivity contribution in [3.8, 4) is 5.75 Å². The standard InChI is InChI=1S/C17H25NO3/c1-3-17(16(20)21)10-11-18(12-17)13(2)4-5-14-6-8-15(19)9-7-14/h6-9,13,19H,3-5,10-12H2,1-2H3,(H,20,21). The number of aryl methyl sites for hydroxylation is 1. The zero-order valence-electron chi connectivity index (χ0n) is 12.9. The largest absolute Gasteiger partial charge is 0.508 e.